The Bertz CT molecular complexity index is 1040. The standard InChI is InChI=1S/C23H21F6NO2/c24-22(25,26)17-10-15(11-18(12-17)23(27,28)29)13-32-14-21(31,8-9-30)20-7-3-5-16-4-1-2-6-19(16)20/h1-7,10-12,31H,8-9,13-14,30H2. The molecule has 0 heterocycles. The Morgan fingerprint density at radius 2 is 1.41 bits per heavy atom. The summed E-state index contributed by atoms with van der Waals surface area (Å²) in [5, 5.41) is 12.9. The van der Waals surface area contributed by atoms with Crippen molar-refractivity contribution in [2.45, 2.75) is 31.0 Å². The fraction of sp³-hybridized carbons (Fsp3) is 0.304. The van der Waals surface area contributed by atoms with E-state index in [2.05, 4.69) is 0 Å². The summed E-state index contributed by atoms with van der Waals surface area (Å²) in [6.07, 6.45) is -9.81. The van der Waals surface area contributed by atoms with Gasteiger partial charge in [0, 0.05) is 0 Å². The molecule has 0 aliphatic carbocycles. The van der Waals surface area contributed by atoms with Gasteiger partial charge in [0.25, 0.3) is 0 Å². The van der Waals surface area contributed by atoms with Crippen molar-refractivity contribution in [2.75, 3.05) is 13.2 Å². The van der Waals surface area contributed by atoms with Gasteiger partial charge in [0.15, 0.2) is 0 Å². The topological polar surface area (TPSA) is 55.5 Å². The second-order valence-electron chi connectivity index (χ2n) is 7.50. The number of fused-ring (bicyclic) bond motifs is 1. The molecule has 3 aromatic rings. The number of benzene rings is 3. The monoisotopic (exact) mass is 457 g/mol. The van der Waals surface area contributed by atoms with Gasteiger partial charge in [-0.3, -0.25) is 0 Å². The van der Waals surface area contributed by atoms with Crippen molar-refractivity contribution in [3.63, 3.8) is 0 Å². The molecule has 172 valence electrons. The lowest BCUT2D eigenvalue weighted by molar-refractivity contribution is -0.143. The molecule has 3 rings (SSSR count). The molecule has 0 aliphatic rings. The summed E-state index contributed by atoms with van der Waals surface area (Å²) >= 11 is 0. The molecule has 9 heteroatoms. The van der Waals surface area contributed by atoms with Crippen LogP contribution in [-0.4, -0.2) is 18.3 Å². The van der Waals surface area contributed by atoms with Crippen LogP contribution in [-0.2, 0) is 29.3 Å². The summed E-state index contributed by atoms with van der Waals surface area (Å²) in [6.45, 7) is -0.828. The van der Waals surface area contributed by atoms with E-state index in [9.17, 15) is 31.4 Å². The van der Waals surface area contributed by atoms with Gasteiger partial charge in [-0.2, -0.15) is 26.3 Å². The molecule has 1 atom stereocenters. The van der Waals surface area contributed by atoms with Crippen LogP contribution in [0.4, 0.5) is 26.3 Å². The summed E-state index contributed by atoms with van der Waals surface area (Å²) in [5.74, 6) is 0. The van der Waals surface area contributed by atoms with Crippen molar-refractivity contribution in [3.05, 3.63) is 82.9 Å². The molecule has 3 aromatic carbocycles. The van der Waals surface area contributed by atoms with Crippen molar-refractivity contribution >= 4 is 10.8 Å². The zero-order valence-corrected chi connectivity index (χ0v) is 16.8. The Morgan fingerprint density at radius 3 is 2.00 bits per heavy atom. The second kappa shape index (κ2) is 9.09. The highest BCUT2D eigenvalue weighted by Crippen LogP contribution is 2.37. The lowest BCUT2D eigenvalue weighted by atomic mass is 9.87. The van der Waals surface area contributed by atoms with Gasteiger partial charge in [0.05, 0.1) is 24.3 Å². The molecule has 0 amide bonds. The first-order valence-electron chi connectivity index (χ1n) is 9.71. The van der Waals surface area contributed by atoms with Crippen LogP contribution in [0.15, 0.2) is 60.7 Å². The highest BCUT2D eigenvalue weighted by molar-refractivity contribution is 5.86. The molecule has 0 fully saturated rings. The van der Waals surface area contributed by atoms with Gasteiger partial charge in [-0.15, -0.1) is 0 Å². The molecule has 0 bridgehead atoms. The summed E-state index contributed by atoms with van der Waals surface area (Å²) in [4.78, 5) is 0. The first-order chi connectivity index (χ1) is 14.9. The summed E-state index contributed by atoms with van der Waals surface area (Å²) in [7, 11) is 0. The van der Waals surface area contributed by atoms with Crippen LogP contribution < -0.4 is 5.73 Å². The maximum absolute atomic E-state index is 13.1. The third kappa shape index (κ3) is 5.40. The van der Waals surface area contributed by atoms with Crippen molar-refractivity contribution in [2.24, 2.45) is 5.73 Å². The number of nitrogens with two attached hydrogens (primary N) is 1. The highest BCUT2D eigenvalue weighted by Gasteiger charge is 2.37. The van der Waals surface area contributed by atoms with Crippen LogP contribution in [0.5, 0.6) is 0 Å². The van der Waals surface area contributed by atoms with Crippen molar-refractivity contribution in [1.82, 2.24) is 0 Å². The lowest BCUT2D eigenvalue weighted by Gasteiger charge is -2.29. The van der Waals surface area contributed by atoms with Gasteiger partial charge in [0.2, 0.25) is 0 Å². The lowest BCUT2D eigenvalue weighted by Crippen LogP contribution is -2.34. The molecule has 3 nitrogen and oxygen atoms in total. The molecule has 32 heavy (non-hydrogen) atoms. The van der Waals surface area contributed by atoms with Gasteiger partial charge < -0.3 is 15.6 Å². The van der Waals surface area contributed by atoms with Crippen LogP contribution in [0.1, 0.15) is 28.7 Å². The van der Waals surface area contributed by atoms with Gasteiger partial charge in [-0.05, 0) is 53.1 Å². The number of aliphatic hydroxyl groups is 1. The smallest absolute Gasteiger partial charge is 0.383 e. The maximum atomic E-state index is 13.1. The Labute approximate surface area is 180 Å². The third-order valence-corrected chi connectivity index (χ3v) is 5.11. The Hall–Kier alpha value is -2.62. The van der Waals surface area contributed by atoms with E-state index in [1.54, 1.807) is 24.3 Å². The molecule has 0 saturated heterocycles. The quantitative estimate of drug-likeness (QED) is 0.452. The summed E-state index contributed by atoms with van der Waals surface area (Å²) in [5.41, 5.74) is 1.44. The predicted octanol–water partition coefficient (Wildman–Crippen LogP) is 5.63. The largest absolute Gasteiger partial charge is 0.416 e. The van der Waals surface area contributed by atoms with Gasteiger partial charge in [0.1, 0.15) is 5.60 Å². The molecule has 0 aliphatic heterocycles. The van der Waals surface area contributed by atoms with Gasteiger partial charge in [-0.25, -0.2) is 0 Å². The van der Waals surface area contributed by atoms with Crippen LogP contribution in [0.25, 0.3) is 10.8 Å². The van der Waals surface area contributed by atoms with Crippen LogP contribution in [0, 0.1) is 0 Å². The average Bonchev–Trinajstić information content (AvgIpc) is 2.72. The number of ether oxygens (including phenoxy) is 1. The number of hydrogen-bond acceptors (Lipinski definition) is 3. The summed E-state index contributed by atoms with van der Waals surface area (Å²) in [6, 6.07) is 13.8. The zero-order chi connectivity index (χ0) is 23.6. The van der Waals surface area contributed by atoms with Gasteiger partial charge in [-0.1, -0.05) is 42.5 Å². The third-order valence-electron chi connectivity index (χ3n) is 5.11. The molecular weight excluding hydrogens is 436 g/mol. The minimum absolute atomic E-state index is 0.0599. The Morgan fingerprint density at radius 1 is 0.812 bits per heavy atom. The first kappa shape index (κ1) is 24.0. The molecule has 0 saturated carbocycles. The van der Waals surface area contributed by atoms with Gasteiger partial charge >= 0.3 is 12.4 Å². The maximum Gasteiger partial charge on any atom is 0.416 e. The SMILES string of the molecule is NCCC(O)(COCc1cc(C(F)(F)F)cc(C(F)(F)F)c1)c1cccc2ccccc12. The van der Waals surface area contributed by atoms with E-state index in [1.807, 2.05) is 18.2 Å². The van der Waals surface area contributed by atoms with Crippen molar-refractivity contribution < 1.29 is 36.2 Å². The first-order valence-corrected chi connectivity index (χ1v) is 9.71. The molecule has 0 radical (unpaired) electrons. The van der Waals surface area contributed by atoms with Crippen LogP contribution >= 0.6 is 0 Å². The number of halogens is 6. The average molecular weight is 457 g/mol. The predicted molar refractivity (Wildman–Crippen MR) is 108 cm³/mol. The minimum atomic E-state index is -4.95. The molecule has 0 aromatic heterocycles. The van der Waals surface area contributed by atoms with E-state index in [0.717, 1.165) is 10.8 Å². The fourth-order valence-electron chi connectivity index (χ4n) is 3.59. The van der Waals surface area contributed by atoms with Crippen LogP contribution in [0.2, 0.25) is 0 Å². The molecule has 0 spiro atoms. The van der Waals surface area contributed by atoms with E-state index in [-0.39, 0.29) is 31.2 Å². The molecular formula is C23H21F6NO2. The number of hydrogen-bond donors (Lipinski definition) is 2. The van der Waals surface area contributed by atoms with E-state index in [0.29, 0.717) is 17.7 Å². The van der Waals surface area contributed by atoms with E-state index in [4.69, 9.17) is 10.5 Å². The van der Waals surface area contributed by atoms with E-state index in [1.165, 1.54) is 0 Å². The summed E-state index contributed by atoms with van der Waals surface area (Å²) < 4.78 is 83.8. The van der Waals surface area contributed by atoms with Crippen molar-refractivity contribution in [1.29, 1.82) is 0 Å². The molecule has 3 N–H and O–H groups in total. The molecule has 1 unspecified atom stereocenters. The fourth-order valence-corrected chi connectivity index (χ4v) is 3.59. The normalized spacial score (nSPS) is 14.5. The van der Waals surface area contributed by atoms with Crippen molar-refractivity contribution in [3.8, 4) is 0 Å². The van der Waals surface area contributed by atoms with E-state index >= 15 is 0 Å². The minimum Gasteiger partial charge on any atom is -0.383 e. The zero-order valence-electron chi connectivity index (χ0n) is 16.8. The Balaban J connectivity index is 1.87. The number of rotatable bonds is 7. The highest BCUT2D eigenvalue weighted by atomic mass is 19.4. The second-order valence-corrected chi connectivity index (χ2v) is 7.50. The number of alkyl halides is 6. The van der Waals surface area contributed by atoms with Crippen LogP contribution in [0.3, 0.4) is 0 Å². The van der Waals surface area contributed by atoms with E-state index < -0.39 is 35.7 Å². The Kier molecular flexibility index (Phi) is 6.83.